The molecule has 1 amide bonds. The van der Waals surface area contributed by atoms with Gasteiger partial charge in [-0.2, -0.15) is 0 Å². The Morgan fingerprint density at radius 3 is 2.52 bits per heavy atom. The van der Waals surface area contributed by atoms with Crippen LogP contribution in [-0.2, 0) is 4.79 Å². The lowest BCUT2D eigenvalue weighted by Crippen LogP contribution is -2.48. The van der Waals surface area contributed by atoms with Crippen LogP contribution in [0.15, 0.2) is 42.5 Å². The number of carbonyl (C=O) groups is 1. The first kappa shape index (κ1) is 19.5. The van der Waals surface area contributed by atoms with E-state index in [2.05, 4.69) is 4.90 Å². The zero-order valence-electron chi connectivity index (χ0n) is 16.3. The first-order valence-electron chi connectivity index (χ1n) is 9.59. The van der Waals surface area contributed by atoms with E-state index in [1.165, 1.54) is 0 Å². The molecule has 0 unspecified atom stereocenters. The minimum Gasteiger partial charge on any atom is -0.497 e. The van der Waals surface area contributed by atoms with Crippen molar-refractivity contribution in [3.63, 3.8) is 0 Å². The van der Waals surface area contributed by atoms with Gasteiger partial charge in [-0.25, -0.2) is 0 Å². The third-order valence-corrected chi connectivity index (χ3v) is 5.35. The fourth-order valence-electron chi connectivity index (χ4n) is 3.48. The molecular weight excluding hydrogens is 392 g/mol. The third kappa shape index (κ3) is 4.43. The largest absolute Gasteiger partial charge is 0.497 e. The quantitative estimate of drug-likeness (QED) is 0.717. The molecule has 0 spiro atoms. The van der Waals surface area contributed by atoms with Gasteiger partial charge in [0.15, 0.2) is 11.5 Å². The molecule has 2 aliphatic heterocycles. The van der Waals surface area contributed by atoms with E-state index < -0.39 is 0 Å². The summed E-state index contributed by atoms with van der Waals surface area (Å²) in [5, 5.41) is 0.488. The van der Waals surface area contributed by atoms with Crippen LogP contribution in [0.2, 0.25) is 5.02 Å². The lowest BCUT2D eigenvalue weighted by atomic mass is 10.1. The van der Waals surface area contributed by atoms with Gasteiger partial charge in [0.25, 0.3) is 0 Å². The summed E-state index contributed by atoms with van der Waals surface area (Å²) in [7, 11) is 1.66. The number of ether oxygens (including phenoxy) is 3. The molecule has 0 radical (unpaired) electrons. The van der Waals surface area contributed by atoms with Crippen molar-refractivity contribution in [2.75, 3.05) is 51.4 Å². The number of rotatable bonds is 4. The van der Waals surface area contributed by atoms with E-state index in [4.69, 9.17) is 25.8 Å². The third-order valence-electron chi connectivity index (χ3n) is 5.07. The summed E-state index contributed by atoms with van der Waals surface area (Å²) in [6.45, 7) is 3.93. The van der Waals surface area contributed by atoms with E-state index in [0.717, 1.165) is 30.1 Å². The average molecular weight is 415 g/mol. The summed E-state index contributed by atoms with van der Waals surface area (Å²) < 4.78 is 16.3. The molecule has 4 rings (SSSR count). The smallest absolute Gasteiger partial charge is 0.246 e. The average Bonchev–Trinajstić information content (AvgIpc) is 2.78. The molecular formula is C22H23ClN2O4. The maximum absolute atomic E-state index is 12.6. The number of piperazine rings is 1. The Balaban J connectivity index is 1.35. The van der Waals surface area contributed by atoms with E-state index in [9.17, 15) is 4.79 Å². The van der Waals surface area contributed by atoms with Crippen LogP contribution in [0.3, 0.4) is 0 Å². The second-order valence-electron chi connectivity index (χ2n) is 6.87. The van der Waals surface area contributed by atoms with Crippen molar-refractivity contribution >= 4 is 29.3 Å². The highest BCUT2D eigenvalue weighted by Gasteiger charge is 2.20. The predicted octanol–water partition coefficient (Wildman–Crippen LogP) is 3.48. The number of methoxy groups -OCH3 is 1. The molecule has 6 nitrogen and oxygen atoms in total. The van der Waals surface area contributed by atoms with E-state index >= 15 is 0 Å². The van der Waals surface area contributed by atoms with Gasteiger partial charge in [0.05, 0.1) is 12.1 Å². The number of anilines is 1. The molecule has 2 aromatic carbocycles. The number of nitrogens with zero attached hydrogens (tertiary/aromatic N) is 2. The van der Waals surface area contributed by atoms with Crippen molar-refractivity contribution in [2.45, 2.75) is 0 Å². The van der Waals surface area contributed by atoms with Crippen LogP contribution in [0.25, 0.3) is 6.08 Å². The molecule has 1 saturated heterocycles. The first-order valence-corrected chi connectivity index (χ1v) is 9.97. The minimum absolute atomic E-state index is 0.00890. The second kappa shape index (κ2) is 8.66. The summed E-state index contributed by atoms with van der Waals surface area (Å²) in [6.07, 6.45) is 3.35. The maximum Gasteiger partial charge on any atom is 0.246 e. The molecule has 0 atom stereocenters. The van der Waals surface area contributed by atoms with Gasteiger partial charge in [-0.3, -0.25) is 4.79 Å². The zero-order chi connectivity index (χ0) is 20.2. The molecule has 0 N–H and O–H groups in total. The van der Waals surface area contributed by atoms with Crippen LogP contribution in [0.1, 0.15) is 5.56 Å². The molecule has 0 bridgehead atoms. The van der Waals surface area contributed by atoms with Gasteiger partial charge in [-0.1, -0.05) is 11.6 Å². The van der Waals surface area contributed by atoms with Crippen LogP contribution < -0.4 is 19.1 Å². The number of fused-ring (bicyclic) bond motifs is 1. The number of hydrogen-bond acceptors (Lipinski definition) is 5. The highest BCUT2D eigenvalue weighted by Crippen LogP contribution is 2.38. The molecule has 1 fully saturated rings. The lowest BCUT2D eigenvalue weighted by Gasteiger charge is -2.35. The van der Waals surface area contributed by atoms with Gasteiger partial charge in [-0.05, 0) is 48.0 Å². The van der Waals surface area contributed by atoms with Crippen LogP contribution >= 0.6 is 11.6 Å². The Labute approximate surface area is 175 Å². The normalized spacial score (nSPS) is 16.2. The van der Waals surface area contributed by atoms with Gasteiger partial charge < -0.3 is 24.0 Å². The molecule has 2 heterocycles. The van der Waals surface area contributed by atoms with Crippen LogP contribution in [0.5, 0.6) is 17.2 Å². The summed E-state index contributed by atoms with van der Waals surface area (Å²) in [5.41, 5.74) is 1.95. The fourth-order valence-corrected chi connectivity index (χ4v) is 3.75. The monoisotopic (exact) mass is 414 g/mol. The molecule has 0 aliphatic carbocycles. The first-order chi connectivity index (χ1) is 14.1. The van der Waals surface area contributed by atoms with Crippen LogP contribution in [0.4, 0.5) is 5.69 Å². The van der Waals surface area contributed by atoms with Crippen LogP contribution in [-0.4, -0.2) is 57.3 Å². The zero-order valence-corrected chi connectivity index (χ0v) is 17.0. The summed E-state index contributed by atoms with van der Waals surface area (Å²) in [6, 6.07) is 11.6. The summed E-state index contributed by atoms with van der Waals surface area (Å²) in [4.78, 5) is 16.7. The lowest BCUT2D eigenvalue weighted by molar-refractivity contribution is -0.126. The van der Waals surface area contributed by atoms with E-state index in [-0.39, 0.29) is 5.91 Å². The van der Waals surface area contributed by atoms with Gasteiger partial charge in [0.2, 0.25) is 5.91 Å². The minimum atomic E-state index is -0.00890. The Morgan fingerprint density at radius 2 is 1.79 bits per heavy atom. The summed E-state index contributed by atoms with van der Waals surface area (Å²) >= 11 is 6.26. The Bertz CT molecular complexity index is 906. The number of carbonyl (C=O) groups excluding carboxylic acids is 1. The number of hydrogen-bond donors (Lipinski definition) is 0. The second-order valence-corrected chi connectivity index (χ2v) is 7.28. The Morgan fingerprint density at radius 1 is 1.07 bits per heavy atom. The molecule has 7 heteroatoms. The molecule has 2 aliphatic rings. The molecule has 0 saturated carbocycles. The predicted molar refractivity (Wildman–Crippen MR) is 113 cm³/mol. The molecule has 152 valence electrons. The number of amides is 1. The van der Waals surface area contributed by atoms with E-state index in [0.29, 0.717) is 42.8 Å². The van der Waals surface area contributed by atoms with Crippen LogP contribution in [0, 0.1) is 0 Å². The SMILES string of the molecule is COc1ccc(N2CCN(C(=O)/C=C/c3cc(Cl)c4c(c3)OCCO4)CC2)cc1. The highest BCUT2D eigenvalue weighted by molar-refractivity contribution is 6.32. The molecule has 29 heavy (non-hydrogen) atoms. The highest BCUT2D eigenvalue weighted by atomic mass is 35.5. The standard InChI is InChI=1S/C22H23ClN2O4/c1-27-18-5-3-17(4-6-18)24-8-10-25(11-9-24)21(26)7-2-16-14-19(23)22-20(15-16)28-12-13-29-22/h2-7,14-15H,8-13H2,1H3/b7-2+. The topological polar surface area (TPSA) is 51.2 Å². The maximum atomic E-state index is 12.6. The fraction of sp³-hybridized carbons (Fsp3) is 0.318. The molecule has 2 aromatic rings. The van der Waals surface area contributed by atoms with Gasteiger partial charge >= 0.3 is 0 Å². The number of benzene rings is 2. The van der Waals surface area contributed by atoms with Gasteiger partial charge in [-0.15, -0.1) is 0 Å². The number of halogens is 1. The van der Waals surface area contributed by atoms with Crippen molar-refractivity contribution in [3.8, 4) is 17.2 Å². The van der Waals surface area contributed by atoms with Gasteiger partial charge in [0, 0.05) is 37.9 Å². The van der Waals surface area contributed by atoms with Crippen molar-refractivity contribution < 1.29 is 19.0 Å². The van der Waals surface area contributed by atoms with Crippen molar-refractivity contribution in [2.24, 2.45) is 0 Å². The molecule has 0 aromatic heterocycles. The van der Waals surface area contributed by atoms with Gasteiger partial charge in [0.1, 0.15) is 19.0 Å². The van der Waals surface area contributed by atoms with Crippen molar-refractivity contribution in [1.82, 2.24) is 4.90 Å². The van der Waals surface area contributed by atoms with E-state index in [1.807, 2.05) is 35.2 Å². The van der Waals surface area contributed by atoms with E-state index in [1.54, 1.807) is 25.3 Å². The Hall–Kier alpha value is -2.86. The summed E-state index contributed by atoms with van der Waals surface area (Å²) in [5.74, 6) is 2.01. The Kier molecular flexibility index (Phi) is 5.81. The van der Waals surface area contributed by atoms with Crippen molar-refractivity contribution in [3.05, 3.63) is 53.1 Å². The van der Waals surface area contributed by atoms with Crippen molar-refractivity contribution in [1.29, 1.82) is 0 Å².